The molecule has 0 saturated carbocycles. The smallest absolute Gasteiger partial charge is 0.0702 e. The number of aromatic nitrogens is 1. The summed E-state index contributed by atoms with van der Waals surface area (Å²) >= 11 is 0. The first-order chi connectivity index (χ1) is 10.3. The average molecular weight is 284 g/mol. The van der Waals surface area contributed by atoms with E-state index in [1.807, 2.05) is 12.3 Å². The highest BCUT2D eigenvalue weighted by Gasteiger charge is 1.97. The van der Waals surface area contributed by atoms with E-state index in [0.717, 1.165) is 24.5 Å². The second-order valence-corrected chi connectivity index (χ2v) is 6.30. The highest BCUT2D eigenvalue weighted by atomic mass is 14.8. The predicted molar refractivity (Wildman–Crippen MR) is 91.4 cm³/mol. The Kier molecular flexibility index (Phi) is 6.68. The van der Waals surface area contributed by atoms with Gasteiger partial charge in [0.05, 0.1) is 5.52 Å². The zero-order chi connectivity index (χ0) is 14.9. The minimum atomic E-state index is 0.852. The van der Waals surface area contributed by atoms with Crippen LogP contribution in [0.15, 0.2) is 36.5 Å². The highest BCUT2D eigenvalue weighted by molar-refractivity contribution is 5.78. The summed E-state index contributed by atoms with van der Waals surface area (Å²) in [6, 6.07) is 10.6. The standard InChI is InChI=1S/C19H28N2/c1-16(2)8-5-3-4-6-12-20-15-17-10-11-19-18(14-17)9-7-13-21-19/h7,9-11,13-14,16,20H,3-6,8,12,15H2,1-2H3. The first kappa shape index (κ1) is 16.0. The van der Waals surface area contributed by atoms with Crippen LogP contribution in [0.1, 0.15) is 51.5 Å². The number of hydrogen-bond acceptors (Lipinski definition) is 2. The Labute approximate surface area is 129 Å². The Morgan fingerprint density at radius 3 is 2.76 bits per heavy atom. The molecule has 0 unspecified atom stereocenters. The molecule has 2 nitrogen and oxygen atoms in total. The largest absolute Gasteiger partial charge is 0.313 e. The lowest BCUT2D eigenvalue weighted by molar-refractivity contribution is 0.512. The van der Waals surface area contributed by atoms with Crippen LogP contribution in [0.3, 0.4) is 0 Å². The third-order valence-electron chi connectivity index (χ3n) is 3.88. The Bertz CT molecular complexity index is 534. The summed E-state index contributed by atoms with van der Waals surface area (Å²) in [5.41, 5.74) is 2.42. The van der Waals surface area contributed by atoms with Gasteiger partial charge >= 0.3 is 0 Å². The SMILES string of the molecule is CC(C)CCCCCCNCc1ccc2ncccc2c1. The van der Waals surface area contributed by atoms with Crippen molar-refractivity contribution in [2.24, 2.45) is 5.92 Å². The molecule has 0 amide bonds. The number of benzene rings is 1. The molecule has 2 heteroatoms. The third-order valence-corrected chi connectivity index (χ3v) is 3.88. The van der Waals surface area contributed by atoms with Crippen molar-refractivity contribution in [3.63, 3.8) is 0 Å². The summed E-state index contributed by atoms with van der Waals surface area (Å²) in [5, 5.41) is 4.77. The molecule has 0 spiro atoms. The molecule has 1 heterocycles. The van der Waals surface area contributed by atoms with Crippen molar-refractivity contribution in [3.05, 3.63) is 42.1 Å². The minimum Gasteiger partial charge on any atom is -0.313 e. The lowest BCUT2D eigenvalue weighted by atomic mass is 10.0. The van der Waals surface area contributed by atoms with E-state index in [-0.39, 0.29) is 0 Å². The molecule has 0 atom stereocenters. The van der Waals surface area contributed by atoms with Crippen LogP contribution in [-0.4, -0.2) is 11.5 Å². The summed E-state index contributed by atoms with van der Waals surface area (Å²) in [6.07, 6.45) is 8.61. The fourth-order valence-corrected chi connectivity index (χ4v) is 2.62. The van der Waals surface area contributed by atoms with E-state index in [0.29, 0.717) is 0 Å². The van der Waals surface area contributed by atoms with Gasteiger partial charge in [-0.3, -0.25) is 4.98 Å². The van der Waals surface area contributed by atoms with Crippen LogP contribution < -0.4 is 5.32 Å². The van der Waals surface area contributed by atoms with Crippen LogP contribution in [-0.2, 0) is 6.54 Å². The zero-order valence-electron chi connectivity index (χ0n) is 13.4. The van der Waals surface area contributed by atoms with Crippen molar-refractivity contribution >= 4 is 10.9 Å². The molecule has 0 aliphatic rings. The van der Waals surface area contributed by atoms with Crippen LogP contribution in [0.2, 0.25) is 0 Å². The Morgan fingerprint density at radius 1 is 1.05 bits per heavy atom. The van der Waals surface area contributed by atoms with Gasteiger partial charge in [0.25, 0.3) is 0 Å². The molecule has 1 aromatic heterocycles. The number of hydrogen-bond donors (Lipinski definition) is 1. The molecule has 0 bridgehead atoms. The van der Waals surface area contributed by atoms with Crippen LogP contribution in [0.5, 0.6) is 0 Å². The van der Waals surface area contributed by atoms with E-state index in [9.17, 15) is 0 Å². The number of fused-ring (bicyclic) bond motifs is 1. The number of unbranched alkanes of at least 4 members (excludes halogenated alkanes) is 3. The van der Waals surface area contributed by atoms with Gasteiger partial charge in [0.15, 0.2) is 0 Å². The molecular weight excluding hydrogens is 256 g/mol. The van der Waals surface area contributed by atoms with Gasteiger partial charge in [0.1, 0.15) is 0 Å². The molecule has 0 fully saturated rings. The predicted octanol–water partition coefficient (Wildman–Crippen LogP) is 4.93. The van der Waals surface area contributed by atoms with E-state index in [1.165, 1.54) is 43.1 Å². The molecule has 1 aromatic carbocycles. The maximum Gasteiger partial charge on any atom is 0.0702 e. The van der Waals surface area contributed by atoms with E-state index >= 15 is 0 Å². The Morgan fingerprint density at radius 2 is 1.90 bits per heavy atom. The lowest BCUT2D eigenvalue weighted by Crippen LogP contribution is -2.14. The number of nitrogens with one attached hydrogen (secondary N) is 1. The van der Waals surface area contributed by atoms with Gasteiger partial charge in [-0.15, -0.1) is 0 Å². The summed E-state index contributed by atoms with van der Waals surface area (Å²) < 4.78 is 0. The van der Waals surface area contributed by atoms with Crippen molar-refractivity contribution in [2.45, 2.75) is 52.5 Å². The highest BCUT2D eigenvalue weighted by Crippen LogP contribution is 2.13. The molecule has 0 aliphatic carbocycles. The summed E-state index contributed by atoms with van der Waals surface area (Å²) in [7, 11) is 0. The second-order valence-electron chi connectivity index (χ2n) is 6.30. The van der Waals surface area contributed by atoms with E-state index < -0.39 is 0 Å². The van der Waals surface area contributed by atoms with E-state index in [4.69, 9.17) is 0 Å². The number of pyridine rings is 1. The molecule has 2 rings (SSSR count). The van der Waals surface area contributed by atoms with Gasteiger partial charge in [-0.25, -0.2) is 0 Å². The van der Waals surface area contributed by atoms with Gasteiger partial charge in [-0.05, 0) is 42.6 Å². The topological polar surface area (TPSA) is 24.9 Å². The van der Waals surface area contributed by atoms with Crippen molar-refractivity contribution < 1.29 is 0 Å². The molecule has 0 radical (unpaired) electrons. The van der Waals surface area contributed by atoms with Crippen molar-refractivity contribution in [3.8, 4) is 0 Å². The second kappa shape index (κ2) is 8.78. The average Bonchev–Trinajstić information content (AvgIpc) is 2.49. The molecule has 21 heavy (non-hydrogen) atoms. The molecule has 1 N–H and O–H groups in total. The van der Waals surface area contributed by atoms with Gasteiger partial charge in [0.2, 0.25) is 0 Å². The lowest BCUT2D eigenvalue weighted by Gasteiger charge is -2.07. The van der Waals surface area contributed by atoms with Gasteiger partial charge in [-0.2, -0.15) is 0 Å². The maximum absolute atomic E-state index is 4.35. The van der Waals surface area contributed by atoms with Crippen molar-refractivity contribution in [1.82, 2.24) is 10.3 Å². The molecule has 2 aromatic rings. The molecular formula is C19H28N2. The Balaban J connectivity index is 1.61. The maximum atomic E-state index is 4.35. The summed E-state index contributed by atoms with van der Waals surface area (Å²) in [5.74, 6) is 0.852. The van der Waals surface area contributed by atoms with E-state index in [1.54, 1.807) is 0 Å². The summed E-state index contributed by atoms with van der Waals surface area (Å²) in [6.45, 7) is 6.69. The summed E-state index contributed by atoms with van der Waals surface area (Å²) in [4.78, 5) is 4.35. The van der Waals surface area contributed by atoms with Gasteiger partial charge < -0.3 is 5.32 Å². The fraction of sp³-hybridized carbons (Fsp3) is 0.526. The first-order valence-corrected chi connectivity index (χ1v) is 8.30. The minimum absolute atomic E-state index is 0.852. The van der Waals surface area contributed by atoms with E-state index in [2.05, 4.69) is 48.4 Å². The number of nitrogens with zero attached hydrogens (tertiary/aromatic N) is 1. The normalized spacial score (nSPS) is 11.4. The van der Waals surface area contributed by atoms with Gasteiger partial charge in [-0.1, -0.05) is 51.7 Å². The van der Waals surface area contributed by atoms with Crippen LogP contribution in [0.4, 0.5) is 0 Å². The Hall–Kier alpha value is -1.41. The van der Waals surface area contributed by atoms with Crippen LogP contribution >= 0.6 is 0 Å². The van der Waals surface area contributed by atoms with Crippen molar-refractivity contribution in [2.75, 3.05) is 6.54 Å². The zero-order valence-corrected chi connectivity index (χ0v) is 13.4. The molecule has 0 saturated heterocycles. The molecule has 114 valence electrons. The monoisotopic (exact) mass is 284 g/mol. The fourth-order valence-electron chi connectivity index (χ4n) is 2.62. The quantitative estimate of drug-likeness (QED) is 0.660. The molecule has 0 aliphatic heterocycles. The third kappa shape index (κ3) is 5.84. The first-order valence-electron chi connectivity index (χ1n) is 8.30. The number of rotatable bonds is 9. The van der Waals surface area contributed by atoms with Gasteiger partial charge in [0, 0.05) is 18.1 Å². The van der Waals surface area contributed by atoms with Crippen molar-refractivity contribution in [1.29, 1.82) is 0 Å². The van der Waals surface area contributed by atoms with Crippen LogP contribution in [0.25, 0.3) is 10.9 Å². The van der Waals surface area contributed by atoms with Crippen LogP contribution in [0, 0.1) is 5.92 Å².